The molecule has 0 spiro atoms. The maximum Gasteiger partial charge on any atom is 0.261 e. The number of rotatable bonds is 5. The Balaban J connectivity index is 1.49. The number of hydrogen-bond donors (Lipinski definition) is 2. The van der Waals surface area contributed by atoms with Crippen LogP contribution in [-0.2, 0) is 5.60 Å². The lowest BCUT2D eigenvalue weighted by Gasteiger charge is -2.33. The van der Waals surface area contributed by atoms with Crippen LogP contribution < -0.4 is 5.32 Å². The quantitative estimate of drug-likeness (QED) is 0.404. The summed E-state index contributed by atoms with van der Waals surface area (Å²) >= 11 is 4.85. The third-order valence-corrected chi connectivity index (χ3v) is 7.53. The van der Waals surface area contributed by atoms with Crippen molar-refractivity contribution in [1.29, 1.82) is 0 Å². The van der Waals surface area contributed by atoms with Gasteiger partial charge < -0.3 is 15.0 Å². The Kier molecular flexibility index (Phi) is 5.79. The van der Waals surface area contributed by atoms with Crippen LogP contribution in [0.1, 0.15) is 61.1 Å². The molecule has 1 fully saturated rings. The van der Waals surface area contributed by atoms with Gasteiger partial charge in [0, 0.05) is 18.2 Å². The van der Waals surface area contributed by atoms with Gasteiger partial charge in [0.25, 0.3) is 5.91 Å². The molecule has 33 heavy (non-hydrogen) atoms. The van der Waals surface area contributed by atoms with Crippen molar-refractivity contribution in [1.82, 2.24) is 34.6 Å². The number of aromatic nitrogens is 6. The van der Waals surface area contributed by atoms with Gasteiger partial charge in [0.15, 0.2) is 5.82 Å². The Labute approximate surface area is 203 Å². The number of hydrogen-bond acceptors (Lipinski definition) is 7. The van der Waals surface area contributed by atoms with Gasteiger partial charge >= 0.3 is 0 Å². The minimum Gasteiger partial charge on any atom is -0.383 e. The van der Waals surface area contributed by atoms with Crippen molar-refractivity contribution in [2.45, 2.75) is 57.2 Å². The second kappa shape index (κ2) is 8.62. The van der Waals surface area contributed by atoms with E-state index in [-0.39, 0.29) is 18.0 Å². The average molecular weight is 530 g/mol. The van der Waals surface area contributed by atoms with E-state index in [0.29, 0.717) is 22.0 Å². The number of thiophene rings is 1. The normalized spacial score (nSPS) is 19.2. The third kappa shape index (κ3) is 4.44. The van der Waals surface area contributed by atoms with Crippen molar-refractivity contribution >= 4 is 44.2 Å². The molecule has 11 heteroatoms. The van der Waals surface area contributed by atoms with Gasteiger partial charge in [0.05, 0.1) is 20.4 Å². The lowest BCUT2D eigenvalue weighted by molar-refractivity contribution is 0.0615. The monoisotopic (exact) mass is 529 g/mol. The van der Waals surface area contributed by atoms with Gasteiger partial charge in [0.1, 0.15) is 29.6 Å². The number of nitrogens with zero attached hydrogens (tertiary/aromatic N) is 6. The van der Waals surface area contributed by atoms with Gasteiger partial charge in [-0.15, -0.1) is 11.3 Å². The molecule has 9 nitrogen and oxygen atoms in total. The highest BCUT2D eigenvalue weighted by atomic mass is 79.9. The van der Waals surface area contributed by atoms with Crippen molar-refractivity contribution in [3.05, 3.63) is 51.5 Å². The molecule has 1 aliphatic rings. The second-order valence-corrected chi connectivity index (χ2v) is 11.3. The van der Waals surface area contributed by atoms with Crippen LogP contribution in [-0.4, -0.2) is 46.4 Å². The minimum atomic E-state index is -1.13. The highest BCUT2D eigenvalue weighted by Gasteiger charge is 2.32. The SMILES string of the molecule is CC(C)(O)c1nc2cnc(-n3cncn3)cc2n1C1CCC[C@H](NC(=O)c2ccc(Br)s2)C1. The first-order valence-electron chi connectivity index (χ1n) is 10.8. The first-order chi connectivity index (χ1) is 15.8. The Hall–Kier alpha value is -2.63. The molecule has 2 N–H and O–H groups in total. The molecular formula is C22H24BrN7O2S. The predicted octanol–water partition coefficient (Wildman–Crippen LogP) is 3.98. The fourth-order valence-corrected chi connectivity index (χ4v) is 5.75. The molecule has 0 saturated heterocycles. The first-order valence-corrected chi connectivity index (χ1v) is 12.4. The number of carbonyl (C=O) groups is 1. The summed E-state index contributed by atoms with van der Waals surface area (Å²) in [5.41, 5.74) is 0.462. The molecule has 4 aromatic rings. The van der Waals surface area contributed by atoms with Crippen molar-refractivity contribution < 1.29 is 9.90 Å². The van der Waals surface area contributed by atoms with Crippen LogP contribution in [0.5, 0.6) is 0 Å². The van der Waals surface area contributed by atoms with E-state index >= 15 is 0 Å². The maximum absolute atomic E-state index is 12.7. The van der Waals surface area contributed by atoms with Crippen LogP contribution in [0, 0.1) is 0 Å². The van der Waals surface area contributed by atoms with E-state index in [2.05, 4.69) is 40.9 Å². The van der Waals surface area contributed by atoms with E-state index in [9.17, 15) is 9.90 Å². The summed E-state index contributed by atoms with van der Waals surface area (Å²) < 4.78 is 4.66. The topological polar surface area (TPSA) is 111 Å². The Morgan fingerprint density at radius 1 is 1.33 bits per heavy atom. The molecule has 4 aromatic heterocycles. The van der Waals surface area contributed by atoms with Crippen molar-refractivity contribution in [2.24, 2.45) is 0 Å². The number of amides is 1. The second-order valence-electron chi connectivity index (χ2n) is 8.83. The zero-order chi connectivity index (χ0) is 23.2. The Morgan fingerprint density at radius 3 is 2.88 bits per heavy atom. The third-order valence-electron chi connectivity index (χ3n) is 5.91. The highest BCUT2D eigenvalue weighted by Crippen LogP contribution is 2.36. The summed E-state index contributed by atoms with van der Waals surface area (Å²) in [7, 11) is 0. The van der Waals surface area contributed by atoms with Gasteiger partial charge in [0.2, 0.25) is 0 Å². The van der Waals surface area contributed by atoms with E-state index in [4.69, 9.17) is 4.98 Å². The number of imidazole rings is 1. The molecule has 0 aromatic carbocycles. The van der Waals surface area contributed by atoms with E-state index in [1.54, 1.807) is 31.1 Å². The van der Waals surface area contributed by atoms with Gasteiger partial charge in [-0.05, 0) is 67.6 Å². The van der Waals surface area contributed by atoms with Gasteiger partial charge in [-0.1, -0.05) is 0 Å². The number of halogens is 1. The van der Waals surface area contributed by atoms with E-state index in [1.807, 2.05) is 18.2 Å². The largest absolute Gasteiger partial charge is 0.383 e. The molecule has 1 unspecified atom stereocenters. The van der Waals surface area contributed by atoms with Crippen LogP contribution in [0.2, 0.25) is 0 Å². The lowest BCUT2D eigenvalue weighted by Crippen LogP contribution is -2.39. The van der Waals surface area contributed by atoms with Crippen LogP contribution >= 0.6 is 27.3 Å². The summed E-state index contributed by atoms with van der Waals surface area (Å²) in [6, 6.07) is 5.77. The predicted molar refractivity (Wildman–Crippen MR) is 128 cm³/mol. The van der Waals surface area contributed by atoms with E-state index in [1.165, 1.54) is 17.7 Å². The zero-order valence-electron chi connectivity index (χ0n) is 18.3. The van der Waals surface area contributed by atoms with Crippen LogP contribution in [0.3, 0.4) is 0 Å². The fourth-order valence-electron chi connectivity index (χ4n) is 4.46. The standard InChI is InChI=1S/C22H24BrN7O2S/c1-22(2,32)21-28-15-10-25-19(29-12-24-11-26-29)9-16(15)30(21)14-5-3-4-13(8-14)27-20(31)17-6-7-18(23)33-17/h6-7,9-14,32H,3-5,8H2,1-2H3,(H,27,31)/t13-,14?/m0/s1. The average Bonchev–Trinajstić information content (AvgIpc) is 3.52. The molecular weight excluding hydrogens is 506 g/mol. The Morgan fingerprint density at radius 2 is 2.18 bits per heavy atom. The van der Waals surface area contributed by atoms with E-state index < -0.39 is 5.60 Å². The highest BCUT2D eigenvalue weighted by molar-refractivity contribution is 9.11. The summed E-state index contributed by atoms with van der Waals surface area (Å²) in [5.74, 6) is 1.17. The van der Waals surface area contributed by atoms with E-state index in [0.717, 1.165) is 35.0 Å². The molecule has 0 radical (unpaired) electrons. The zero-order valence-corrected chi connectivity index (χ0v) is 20.7. The summed E-state index contributed by atoms with van der Waals surface area (Å²) in [6.07, 6.45) is 8.35. The molecule has 1 aliphatic carbocycles. The molecule has 0 aliphatic heterocycles. The first kappa shape index (κ1) is 22.2. The molecule has 2 atom stereocenters. The van der Waals surface area contributed by atoms with Gasteiger partial charge in [-0.2, -0.15) is 5.10 Å². The summed E-state index contributed by atoms with van der Waals surface area (Å²) in [6.45, 7) is 3.49. The molecule has 0 bridgehead atoms. The van der Waals surface area contributed by atoms with Crippen LogP contribution in [0.25, 0.3) is 16.9 Å². The van der Waals surface area contributed by atoms with Gasteiger partial charge in [-0.25, -0.2) is 19.6 Å². The smallest absolute Gasteiger partial charge is 0.261 e. The van der Waals surface area contributed by atoms with Crippen LogP contribution in [0.15, 0.2) is 40.8 Å². The number of pyridine rings is 1. The van der Waals surface area contributed by atoms with Crippen molar-refractivity contribution in [3.63, 3.8) is 0 Å². The fraction of sp³-hybridized carbons (Fsp3) is 0.409. The maximum atomic E-state index is 12.7. The Bertz CT molecular complexity index is 1290. The van der Waals surface area contributed by atoms with Crippen LogP contribution in [0.4, 0.5) is 0 Å². The summed E-state index contributed by atoms with van der Waals surface area (Å²) in [4.78, 5) is 26.6. The van der Waals surface area contributed by atoms with Gasteiger partial charge in [-0.3, -0.25) is 4.79 Å². The number of aliphatic hydroxyl groups is 1. The number of fused-ring (bicyclic) bond motifs is 1. The van der Waals surface area contributed by atoms with Crippen molar-refractivity contribution in [3.8, 4) is 5.82 Å². The molecule has 1 saturated carbocycles. The number of carbonyl (C=O) groups excluding carboxylic acids is 1. The molecule has 4 heterocycles. The lowest BCUT2D eigenvalue weighted by atomic mass is 9.90. The molecule has 1 amide bonds. The summed E-state index contributed by atoms with van der Waals surface area (Å²) in [5, 5.41) is 18.3. The minimum absolute atomic E-state index is 0.0425. The molecule has 5 rings (SSSR count). The number of nitrogens with one attached hydrogen (secondary N) is 1. The molecule has 172 valence electrons. The van der Waals surface area contributed by atoms with Crippen molar-refractivity contribution in [2.75, 3.05) is 0 Å².